The van der Waals surface area contributed by atoms with E-state index in [9.17, 15) is 24.5 Å². The Labute approximate surface area is 118 Å². The van der Waals surface area contributed by atoms with E-state index < -0.39 is 29.5 Å². The lowest BCUT2D eigenvalue weighted by Gasteiger charge is -2.12. The standard InChI is InChI=1S/C12H10N2O7/c15-10-5-6-11(16)13(10)21-12(17)20-7-8-3-1-2-4-9(8)14(18)19/h1-4H,5-7H2. The van der Waals surface area contributed by atoms with Gasteiger partial charge >= 0.3 is 6.16 Å². The number of amides is 2. The molecule has 1 fully saturated rings. The van der Waals surface area contributed by atoms with Crippen LogP contribution in [0.3, 0.4) is 0 Å². The fraction of sp³-hybridized carbons (Fsp3) is 0.250. The number of hydrogen-bond donors (Lipinski definition) is 0. The van der Waals surface area contributed by atoms with E-state index >= 15 is 0 Å². The summed E-state index contributed by atoms with van der Waals surface area (Å²) in [6.07, 6.45) is -1.34. The first kappa shape index (κ1) is 14.4. The maximum Gasteiger partial charge on any atom is 0.534 e. The SMILES string of the molecule is O=C(OCc1ccccc1[N+](=O)[O-])ON1C(=O)CCC1=O. The molecule has 1 saturated heterocycles. The van der Waals surface area contributed by atoms with Gasteiger partial charge in [-0.1, -0.05) is 17.2 Å². The third kappa shape index (κ3) is 3.32. The van der Waals surface area contributed by atoms with E-state index in [2.05, 4.69) is 9.57 Å². The molecule has 9 nitrogen and oxygen atoms in total. The summed E-state index contributed by atoms with van der Waals surface area (Å²) in [6, 6.07) is 5.70. The molecule has 1 aromatic rings. The summed E-state index contributed by atoms with van der Waals surface area (Å²) in [4.78, 5) is 48.4. The predicted octanol–water partition coefficient (Wildman–Crippen LogP) is 1.31. The van der Waals surface area contributed by atoms with Crippen LogP contribution in [0, 0.1) is 10.1 Å². The summed E-state index contributed by atoms with van der Waals surface area (Å²) >= 11 is 0. The normalized spacial score (nSPS) is 14.2. The van der Waals surface area contributed by atoms with E-state index in [4.69, 9.17) is 0 Å². The minimum absolute atomic E-state index is 0.0315. The lowest BCUT2D eigenvalue weighted by molar-refractivity contribution is -0.385. The van der Waals surface area contributed by atoms with Crippen molar-refractivity contribution in [2.45, 2.75) is 19.4 Å². The van der Waals surface area contributed by atoms with Crippen LogP contribution in [0.4, 0.5) is 10.5 Å². The Morgan fingerprint density at radius 1 is 1.24 bits per heavy atom. The van der Waals surface area contributed by atoms with Gasteiger partial charge in [-0.25, -0.2) is 4.79 Å². The Bertz CT molecular complexity index is 597. The zero-order chi connectivity index (χ0) is 15.4. The number of imide groups is 1. The van der Waals surface area contributed by atoms with Gasteiger partial charge in [0.05, 0.1) is 10.5 Å². The van der Waals surface area contributed by atoms with Gasteiger partial charge in [-0.15, -0.1) is 0 Å². The number of rotatable bonds is 4. The minimum atomic E-state index is -1.28. The molecule has 0 radical (unpaired) electrons. The van der Waals surface area contributed by atoms with Crippen molar-refractivity contribution in [1.82, 2.24) is 5.06 Å². The fourth-order valence-electron chi connectivity index (χ4n) is 1.71. The molecule has 0 bridgehead atoms. The molecule has 0 aromatic heterocycles. The van der Waals surface area contributed by atoms with Crippen LogP contribution in [0.1, 0.15) is 18.4 Å². The molecular formula is C12H10N2O7. The molecule has 1 aliphatic rings. The van der Waals surface area contributed by atoms with E-state index in [0.717, 1.165) is 0 Å². The first-order chi connectivity index (χ1) is 9.99. The van der Waals surface area contributed by atoms with Crippen molar-refractivity contribution in [2.75, 3.05) is 0 Å². The molecule has 0 N–H and O–H groups in total. The summed E-state index contributed by atoms with van der Waals surface area (Å²) in [5.74, 6) is -1.27. The van der Waals surface area contributed by atoms with Gasteiger partial charge in [0.25, 0.3) is 17.5 Å². The lowest BCUT2D eigenvalue weighted by Crippen LogP contribution is -2.32. The largest absolute Gasteiger partial charge is 0.534 e. The van der Waals surface area contributed by atoms with Crippen LogP contribution in [-0.4, -0.2) is 28.0 Å². The van der Waals surface area contributed by atoms with Crippen LogP contribution >= 0.6 is 0 Å². The number of nitro benzene ring substituents is 1. The zero-order valence-electron chi connectivity index (χ0n) is 10.7. The molecule has 0 atom stereocenters. The van der Waals surface area contributed by atoms with Gasteiger partial charge in [0.15, 0.2) is 0 Å². The molecule has 2 rings (SSSR count). The Morgan fingerprint density at radius 2 is 1.86 bits per heavy atom. The van der Waals surface area contributed by atoms with E-state index in [0.29, 0.717) is 5.06 Å². The highest BCUT2D eigenvalue weighted by molar-refractivity contribution is 6.01. The number of para-hydroxylation sites is 1. The summed E-state index contributed by atoms with van der Waals surface area (Å²) in [5.41, 5.74) is -0.0443. The number of nitrogens with zero attached hydrogens (tertiary/aromatic N) is 2. The van der Waals surface area contributed by atoms with Crippen LogP contribution in [0.5, 0.6) is 0 Å². The van der Waals surface area contributed by atoms with Gasteiger partial charge in [0, 0.05) is 18.9 Å². The molecule has 1 aromatic carbocycles. The highest BCUT2D eigenvalue weighted by Crippen LogP contribution is 2.19. The number of benzene rings is 1. The average molecular weight is 294 g/mol. The van der Waals surface area contributed by atoms with Crippen LogP contribution in [0.15, 0.2) is 24.3 Å². The van der Waals surface area contributed by atoms with Gasteiger partial charge < -0.3 is 4.74 Å². The Kier molecular flexibility index (Phi) is 4.12. The first-order valence-electron chi connectivity index (χ1n) is 5.92. The predicted molar refractivity (Wildman–Crippen MR) is 65.5 cm³/mol. The molecule has 110 valence electrons. The van der Waals surface area contributed by atoms with Gasteiger partial charge in [0.1, 0.15) is 6.61 Å². The molecule has 1 heterocycles. The third-order valence-electron chi connectivity index (χ3n) is 2.71. The van der Waals surface area contributed by atoms with Crippen LogP contribution in [-0.2, 0) is 25.8 Å². The van der Waals surface area contributed by atoms with Gasteiger partial charge in [-0.3, -0.25) is 24.5 Å². The Hall–Kier alpha value is -2.97. The molecule has 9 heteroatoms. The maximum atomic E-state index is 11.4. The highest BCUT2D eigenvalue weighted by Gasteiger charge is 2.33. The van der Waals surface area contributed by atoms with Crippen LogP contribution in [0.2, 0.25) is 0 Å². The molecule has 0 unspecified atom stereocenters. The van der Waals surface area contributed by atoms with E-state index in [1.54, 1.807) is 6.07 Å². The van der Waals surface area contributed by atoms with Crippen molar-refractivity contribution in [1.29, 1.82) is 0 Å². The van der Waals surface area contributed by atoms with Crippen molar-refractivity contribution < 1.29 is 28.9 Å². The molecule has 2 amide bonds. The molecule has 0 saturated carbocycles. The van der Waals surface area contributed by atoms with Crippen molar-refractivity contribution in [3.05, 3.63) is 39.9 Å². The average Bonchev–Trinajstić information content (AvgIpc) is 2.77. The summed E-state index contributed by atoms with van der Waals surface area (Å²) < 4.78 is 4.67. The maximum absolute atomic E-state index is 11.4. The number of nitro groups is 1. The number of hydrogen-bond acceptors (Lipinski definition) is 7. The fourth-order valence-corrected chi connectivity index (χ4v) is 1.71. The van der Waals surface area contributed by atoms with E-state index in [-0.39, 0.29) is 24.1 Å². The van der Waals surface area contributed by atoms with E-state index in [1.165, 1.54) is 18.2 Å². The summed E-state index contributed by atoms with van der Waals surface area (Å²) in [6.45, 7) is -0.411. The first-order valence-corrected chi connectivity index (χ1v) is 5.92. The smallest absolute Gasteiger partial charge is 0.428 e. The molecule has 1 aliphatic heterocycles. The monoisotopic (exact) mass is 294 g/mol. The van der Waals surface area contributed by atoms with Gasteiger partial charge in [-0.2, -0.15) is 0 Å². The lowest BCUT2D eigenvalue weighted by atomic mass is 10.2. The number of hydroxylamine groups is 2. The van der Waals surface area contributed by atoms with Gasteiger partial charge in [0.2, 0.25) is 0 Å². The second kappa shape index (κ2) is 5.99. The van der Waals surface area contributed by atoms with Gasteiger partial charge in [-0.05, 0) is 6.07 Å². The third-order valence-corrected chi connectivity index (χ3v) is 2.71. The van der Waals surface area contributed by atoms with Crippen LogP contribution < -0.4 is 0 Å². The highest BCUT2D eigenvalue weighted by atomic mass is 16.8. The minimum Gasteiger partial charge on any atom is -0.428 e. The Balaban J connectivity index is 1.94. The number of ether oxygens (including phenoxy) is 1. The second-order valence-electron chi connectivity index (χ2n) is 4.10. The summed E-state index contributed by atoms with van der Waals surface area (Å²) in [7, 11) is 0. The molecule has 0 spiro atoms. The van der Waals surface area contributed by atoms with Crippen molar-refractivity contribution in [2.24, 2.45) is 0 Å². The topological polar surface area (TPSA) is 116 Å². The molecular weight excluding hydrogens is 284 g/mol. The van der Waals surface area contributed by atoms with Crippen molar-refractivity contribution in [3.63, 3.8) is 0 Å². The Morgan fingerprint density at radius 3 is 2.48 bits per heavy atom. The zero-order valence-corrected chi connectivity index (χ0v) is 10.7. The summed E-state index contributed by atoms with van der Waals surface area (Å²) in [5, 5.41) is 11.1. The second-order valence-corrected chi connectivity index (χ2v) is 4.10. The molecule has 0 aliphatic carbocycles. The number of carbonyl (C=O) groups is 3. The van der Waals surface area contributed by atoms with Crippen molar-refractivity contribution in [3.8, 4) is 0 Å². The number of carbonyl (C=O) groups excluding carboxylic acids is 3. The van der Waals surface area contributed by atoms with Crippen molar-refractivity contribution >= 4 is 23.7 Å². The van der Waals surface area contributed by atoms with E-state index in [1.807, 2.05) is 0 Å². The quantitative estimate of drug-likeness (QED) is 0.355. The van der Waals surface area contributed by atoms with Crippen LogP contribution in [0.25, 0.3) is 0 Å². The molecule has 21 heavy (non-hydrogen) atoms.